The Hall–Kier alpha value is -2.25. The van der Waals surface area contributed by atoms with Gasteiger partial charge in [0.25, 0.3) is 0 Å². The van der Waals surface area contributed by atoms with Gasteiger partial charge in [-0.05, 0) is 31.5 Å². The first-order chi connectivity index (χ1) is 11.8. The minimum absolute atomic E-state index is 0.0290. The first-order valence-corrected chi connectivity index (χ1v) is 9.35. The number of aryl methyl sites for hydroxylation is 2. The molecule has 0 unspecified atom stereocenters. The maximum atomic E-state index is 13.5. The van der Waals surface area contributed by atoms with Crippen molar-refractivity contribution in [2.75, 3.05) is 6.54 Å². The molecule has 0 atom stereocenters. The lowest BCUT2D eigenvalue weighted by Crippen LogP contribution is -2.31. The number of benzene rings is 2. The predicted molar refractivity (Wildman–Crippen MR) is 94.0 cm³/mol. The van der Waals surface area contributed by atoms with Crippen LogP contribution in [0, 0.1) is 19.7 Å². The van der Waals surface area contributed by atoms with Crippen LogP contribution in [0.4, 0.5) is 4.39 Å². The molecule has 0 saturated carbocycles. The number of nitrogens with one attached hydrogen (secondary N) is 2. The second-order valence-electron chi connectivity index (χ2n) is 5.78. The maximum Gasteiger partial charge on any atom is 0.240 e. The Labute approximate surface area is 147 Å². The molecule has 0 fully saturated rings. The van der Waals surface area contributed by atoms with Crippen molar-refractivity contribution in [3.05, 3.63) is 65.0 Å². The van der Waals surface area contributed by atoms with Crippen LogP contribution >= 0.6 is 0 Å². The Balaban J connectivity index is 1.85. The van der Waals surface area contributed by atoms with Gasteiger partial charge < -0.3 is 5.32 Å². The third-order valence-electron chi connectivity index (χ3n) is 3.70. The standard InChI is InChI=1S/C18H21FN2O3S/c1-13-7-8-17(14(2)11-13)25(23,24)21-10-9-18(22)20-12-15-5-3-4-6-16(15)19/h3-8,11,21H,9-10,12H2,1-2H3,(H,20,22). The van der Waals surface area contributed by atoms with Gasteiger partial charge in [-0.15, -0.1) is 0 Å². The van der Waals surface area contributed by atoms with Gasteiger partial charge in [0.15, 0.2) is 0 Å². The summed E-state index contributed by atoms with van der Waals surface area (Å²) in [7, 11) is -3.67. The molecule has 5 nitrogen and oxygen atoms in total. The first-order valence-electron chi connectivity index (χ1n) is 7.86. The van der Waals surface area contributed by atoms with Gasteiger partial charge >= 0.3 is 0 Å². The van der Waals surface area contributed by atoms with Crippen molar-refractivity contribution in [1.29, 1.82) is 0 Å². The molecule has 0 aromatic heterocycles. The van der Waals surface area contributed by atoms with E-state index >= 15 is 0 Å². The van der Waals surface area contributed by atoms with E-state index in [-0.39, 0.29) is 30.3 Å². The molecular formula is C18H21FN2O3S. The van der Waals surface area contributed by atoms with Crippen molar-refractivity contribution in [3.63, 3.8) is 0 Å². The lowest BCUT2D eigenvalue weighted by molar-refractivity contribution is -0.121. The molecule has 2 aromatic carbocycles. The normalized spacial score (nSPS) is 11.3. The summed E-state index contributed by atoms with van der Waals surface area (Å²) >= 11 is 0. The number of hydrogen-bond donors (Lipinski definition) is 2. The highest BCUT2D eigenvalue weighted by Crippen LogP contribution is 2.16. The van der Waals surface area contributed by atoms with Crippen molar-refractivity contribution in [1.82, 2.24) is 10.0 Å². The number of sulfonamides is 1. The molecule has 2 aromatic rings. The fraction of sp³-hybridized carbons (Fsp3) is 0.278. The van der Waals surface area contributed by atoms with Gasteiger partial charge in [0, 0.05) is 25.1 Å². The largest absolute Gasteiger partial charge is 0.352 e. The molecule has 25 heavy (non-hydrogen) atoms. The zero-order chi connectivity index (χ0) is 18.4. The van der Waals surface area contributed by atoms with Crippen molar-refractivity contribution in [3.8, 4) is 0 Å². The van der Waals surface area contributed by atoms with E-state index < -0.39 is 15.8 Å². The van der Waals surface area contributed by atoms with Gasteiger partial charge in [-0.1, -0.05) is 35.9 Å². The van der Waals surface area contributed by atoms with Crippen LogP contribution in [0.1, 0.15) is 23.1 Å². The summed E-state index contributed by atoms with van der Waals surface area (Å²) in [5.74, 6) is -0.745. The predicted octanol–water partition coefficient (Wildman–Crippen LogP) is 2.43. The van der Waals surface area contributed by atoms with Crippen LogP contribution in [0.15, 0.2) is 47.4 Å². The lowest BCUT2D eigenvalue weighted by Gasteiger charge is -2.10. The number of carbonyl (C=O) groups is 1. The van der Waals surface area contributed by atoms with Crippen LogP contribution < -0.4 is 10.0 Å². The van der Waals surface area contributed by atoms with Crippen molar-refractivity contribution in [2.45, 2.75) is 31.7 Å². The molecular weight excluding hydrogens is 343 g/mol. The number of hydrogen-bond acceptors (Lipinski definition) is 3. The molecule has 0 radical (unpaired) electrons. The Morgan fingerprint density at radius 2 is 1.84 bits per heavy atom. The Kier molecular flexibility index (Phi) is 6.27. The minimum atomic E-state index is -3.67. The molecule has 1 amide bonds. The number of rotatable bonds is 7. The van der Waals surface area contributed by atoms with E-state index in [0.717, 1.165) is 5.56 Å². The Bertz CT molecular complexity index is 866. The van der Waals surface area contributed by atoms with Crippen LogP contribution in [0.25, 0.3) is 0 Å². The van der Waals surface area contributed by atoms with Crippen LogP contribution in [-0.4, -0.2) is 20.9 Å². The van der Waals surface area contributed by atoms with Gasteiger partial charge in [0.2, 0.25) is 15.9 Å². The van der Waals surface area contributed by atoms with Gasteiger partial charge in [0.1, 0.15) is 5.82 Å². The SMILES string of the molecule is Cc1ccc(S(=O)(=O)NCCC(=O)NCc2ccccc2F)c(C)c1. The van der Waals surface area contributed by atoms with Gasteiger partial charge in [0.05, 0.1) is 4.90 Å². The van der Waals surface area contributed by atoms with Crippen LogP contribution in [0.2, 0.25) is 0 Å². The summed E-state index contributed by atoms with van der Waals surface area (Å²) in [5.41, 5.74) is 2.01. The van der Waals surface area contributed by atoms with Crippen LogP contribution in [0.3, 0.4) is 0 Å². The van der Waals surface area contributed by atoms with Crippen LogP contribution in [-0.2, 0) is 21.4 Å². The maximum absolute atomic E-state index is 13.5. The lowest BCUT2D eigenvalue weighted by atomic mass is 10.2. The molecule has 2 rings (SSSR count). The van der Waals surface area contributed by atoms with Crippen LogP contribution in [0.5, 0.6) is 0 Å². The summed E-state index contributed by atoms with van der Waals surface area (Å²) in [6.45, 7) is 3.65. The topological polar surface area (TPSA) is 75.3 Å². The molecule has 134 valence electrons. The highest BCUT2D eigenvalue weighted by atomic mass is 32.2. The number of amides is 1. The second-order valence-corrected chi connectivity index (χ2v) is 7.52. The molecule has 0 aliphatic carbocycles. The van der Waals surface area contributed by atoms with E-state index in [1.807, 2.05) is 6.92 Å². The minimum Gasteiger partial charge on any atom is -0.352 e. The van der Waals surface area contributed by atoms with E-state index in [0.29, 0.717) is 11.1 Å². The average molecular weight is 364 g/mol. The molecule has 0 saturated heterocycles. The smallest absolute Gasteiger partial charge is 0.240 e. The molecule has 0 aliphatic heterocycles. The summed E-state index contributed by atoms with van der Waals surface area (Å²) in [6, 6.07) is 11.2. The highest BCUT2D eigenvalue weighted by molar-refractivity contribution is 7.89. The zero-order valence-electron chi connectivity index (χ0n) is 14.2. The Morgan fingerprint density at radius 1 is 1.12 bits per heavy atom. The van der Waals surface area contributed by atoms with E-state index in [2.05, 4.69) is 10.0 Å². The summed E-state index contributed by atoms with van der Waals surface area (Å²) in [6.07, 6.45) is -0.0292. The van der Waals surface area contributed by atoms with E-state index in [1.54, 1.807) is 43.3 Å². The Morgan fingerprint density at radius 3 is 2.52 bits per heavy atom. The third-order valence-corrected chi connectivity index (χ3v) is 5.32. The van der Waals surface area contributed by atoms with E-state index in [9.17, 15) is 17.6 Å². The first kappa shape index (κ1) is 19.1. The molecule has 2 N–H and O–H groups in total. The molecule has 0 heterocycles. The van der Waals surface area contributed by atoms with Crippen molar-refractivity contribution in [2.24, 2.45) is 0 Å². The van der Waals surface area contributed by atoms with Gasteiger partial charge in [-0.2, -0.15) is 0 Å². The monoisotopic (exact) mass is 364 g/mol. The highest BCUT2D eigenvalue weighted by Gasteiger charge is 2.16. The van der Waals surface area contributed by atoms with Gasteiger partial charge in [-0.25, -0.2) is 17.5 Å². The van der Waals surface area contributed by atoms with Crippen molar-refractivity contribution < 1.29 is 17.6 Å². The second kappa shape index (κ2) is 8.22. The van der Waals surface area contributed by atoms with E-state index in [4.69, 9.17) is 0 Å². The molecule has 0 spiro atoms. The average Bonchev–Trinajstić information content (AvgIpc) is 2.53. The molecule has 0 bridgehead atoms. The summed E-state index contributed by atoms with van der Waals surface area (Å²) < 4.78 is 40.4. The summed E-state index contributed by atoms with van der Waals surface area (Å²) in [4.78, 5) is 12.0. The fourth-order valence-corrected chi connectivity index (χ4v) is 3.66. The quantitative estimate of drug-likeness (QED) is 0.792. The fourth-order valence-electron chi connectivity index (χ4n) is 2.40. The zero-order valence-corrected chi connectivity index (χ0v) is 15.0. The number of halogens is 1. The van der Waals surface area contributed by atoms with Gasteiger partial charge in [-0.3, -0.25) is 4.79 Å². The molecule has 7 heteroatoms. The van der Waals surface area contributed by atoms with Crippen molar-refractivity contribution >= 4 is 15.9 Å². The summed E-state index contributed by atoms with van der Waals surface area (Å²) in [5, 5.41) is 2.57. The molecule has 0 aliphatic rings. The third kappa shape index (κ3) is 5.37. The number of carbonyl (C=O) groups excluding carboxylic acids is 1. The van der Waals surface area contributed by atoms with E-state index in [1.165, 1.54) is 6.07 Å².